The molecule has 0 aliphatic heterocycles. The second-order valence-corrected chi connectivity index (χ2v) is 5.87. The minimum Gasteiger partial charge on any atom is -0.497 e. The van der Waals surface area contributed by atoms with Gasteiger partial charge >= 0.3 is 5.97 Å². The molecule has 1 N–H and O–H groups in total. The molecule has 0 saturated heterocycles. The third-order valence-electron chi connectivity index (χ3n) is 3.44. The van der Waals surface area contributed by atoms with Crippen molar-refractivity contribution in [1.29, 1.82) is 0 Å². The minimum absolute atomic E-state index is 0.385. The molecule has 0 spiro atoms. The summed E-state index contributed by atoms with van der Waals surface area (Å²) in [4.78, 5) is 28.3. The number of amides is 1. The fourth-order valence-corrected chi connectivity index (χ4v) is 2.31. The molecule has 7 nitrogen and oxygen atoms in total. The summed E-state index contributed by atoms with van der Waals surface area (Å²) >= 11 is 0. The Bertz CT molecular complexity index is 795. The van der Waals surface area contributed by atoms with Crippen LogP contribution in [0, 0.1) is 13.8 Å². The van der Waals surface area contributed by atoms with E-state index in [1.165, 1.54) is 6.21 Å². The summed E-state index contributed by atoms with van der Waals surface area (Å²) in [6.07, 6.45) is 1.46. The van der Waals surface area contributed by atoms with Crippen molar-refractivity contribution in [2.75, 3.05) is 25.6 Å². The third-order valence-corrected chi connectivity index (χ3v) is 3.44. The van der Waals surface area contributed by atoms with Crippen molar-refractivity contribution in [3.8, 4) is 5.75 Å². The summed E-state index contributed by atoms with van der Waals surface area (Å²) in [5.74, 6) is -0.372. The smallest absolute Gasteiger partial charge is 0.347 e. The molecular weight excluding hydrogens is 348 g/mol. The van der Waals surface area contributed by atoms with Gasteiger partial charge in [-0.2, -0.15) is 0 Å². The quantitative estimate of drug-likeness (QED) is 0.439. The van der Waals surface area contributed by atoms with Gasteiger partial charge in [-0.25, -0.2) is 4.79 Å². The predicted molar refractivity (Wildman–Crippen MR) is 102 cm³/mol. The van der Waals surface area contributed by atoms with E-state index in [1.807, 2.05) is 32.0 Å². The summed E-state index contributed by atoms with van der Waals surface area (Å²) < 4.78 is 9.90. The number of nitrogens with zero attached hydrogens (tertiary/aromatic N) is 1. The predicted octanol–water partition coefficient (Wildman–Crippen LogP) is 2.84. The third kappa shape index (κ3) is 7.19. The van der Waals surface area contributed by atoms with E-state index in [-0.39, 0.29) is 6.61 Å². The molecule has 2 aromatic rings. The van der Waals surface area contributed by atoms with Gasteiger partial charge in [-0.3, -0.25) is 4.79 Å². The molecule has 0 aromatic heterocycles. The molecule has 0 fully saturated rings. The average molecular weight is 370 g/mol. The monoisotopic (exact) mass is 370 g/mol. The lowest BCUT2D eigenvalue weighted by Gasteiger charge is -2.08. The van der Waals surface area contributed by atoms with Crippen LogP contribution in [0.1, 0.15) is 16.7 Å². The van der Waals surface area contributed by atoms with E-state index in [0.29, 0.717) is 5.69 Å². The van der Waals surface area contributed by atoms with E-state index in [1.54, 1.807) is 31.4 Å². The second kappa shape index (κ2) is 9.96. The van der Waals surface area contributed by atoms with Crippen molar-refractivity contribution in [2.45, 2.75) is 13.8 Å². The number of methoxy groups -OCH3 is 1. The van der Waals surface area contributed by atoms with Crippen LogP contribution in [0.5, 0.6) is 5.75 Å². The number of rotatable bonds is 8. The summed E-state index contributed by atoms with van der Waals surface area (Å²) in [5.41, 5.74) is 3.52. The first-order valence-corrected chi connectivity index (χ1v) is 8.29. The van der Waals surface area contributed by atoms with Crippen LogP contribution in [-0.4, -0.2) is 38.4 Å². The number of benzene rings is 2. The number of carbonyl (C=O) groups excluding carboxylic acids is 2. The highest BCUT2D eigenvalue weighted by Crippen LogP contribution is 2.13. The Morgan fingerprint density at radius 3 is 2.33 bits per heavy atom. The van der Waals surface area contributed by atoms with Gasteiger partial charge in [0.1, 0.15) is 5.75 Å². The van der Waals surface area contributed by atoms with Crippen LogP contribution >= 0.6 is 0 Å². The first-order chi connectivity index (χ1) is 13.0. The van der Waals surface area contributed by atoms with Crippen molar-refractivity contribution in [1.82, 2.24) is 0 Å². The van der Waals surface area contributed by atoms with E-state index in [0.717, 1.165) is 22.4 Å². The summed E-state index contributed by atoms with van der Waals surface area (Å²) in [6, 6.07) is 12.8. The van der Waals surface area contributed by atoms with Gasteiger partial charge in [-0.05, 0) is 66.9 Å². The van der Waals surface area contributed by atoms with Crippen LogP contribution in [0.2, 0.25) is 0 Å². The van der Waals surface area contributed by atoms with E-state index < -0.39 is 18.5 Å². The minimum atomic E-state index is -0.683. The Balaban J connectivity index is 1.69. The zero-order valence-electron chi connectivity index (χ0n) is 15.5. The van der Waals surface area contributed by atoms with Crippen molar-refractivity contribution >= 4 is 23.8 Å². The van der Waals surface area contributed by atoms with Gasteiger partial charge in [0.25, 0.3) is 5.91 Å². The molecule has 7 heteroatoms. The first kappa shape index (κ1) is 20.0. The van der Waals surface area contributed by atoms with Gasteiger partial charge in [0.05, 0.1) is 13.3 Å². The van der Waals surface area contributed by atoms with Gasteiger partial charge in [0, 0.05) is 5.69 Å². The van der Waals surface area contributed by atoms with E-state index in [2.05, 4.69) is 10.5 Å². The Labute approximate surface area is 157 Å². The van der Waals surface area contributed by atoms with Crippen LogP contribution in [0.25, 0.3) is 0 Å². The number of ether oxygens (including phenoxy) is 2. The maximum atomic E-state index is 11.8. The number of aryl methyl sites for hydroxylation is 2. The van der Waals surface area contributed by atoms with Crippen LogP contribution < -0.4 is 10.1 Å². The highest BCUT2D eigenvalue weighted by Gasteiger charge is 2.09. The number of oxime groups is 1. The Kier molecular flexibility index (Phi) is 7.37. The maximum Gasteiger partial charge on any atom is 0.347 e. The number of hydrogen-bond acceptors (Lipinski definition) is 6. The average Bonchev–Trinajstić information content (AvgIpc) is 2.63. The van der Waals surface area contributed by atoms with Crippen molar-refractivity contribution in [2.24, 2.45) is 5.16 Å². The largest absolute Gasteiger partial charge is 0.497 e. The SMILES string of the molecule is COc1ccc(/C=N\OCC(=O)OCC(=O)Nc2cc(C)cc(C)c2)cc1. The molecule has 0 bridgehead atoms. The molecule has 0 atom stereocenters. The van der Waals surface area contributed by atoms with Gasteiger partial charge in [-0.15, -0.1) is 0 Å². The number of esters is 1. The number of carbonyl (C=O) groups is 2. The molecule has 2 aromatic carbocycles. The molecule has 0 unspecified atom stereocenters. The summed E-state index contributed by atoms with van der Waals surface area (Å²) in [6.45, 7) is 3.10. The van der Waals surface area contributed by atoms with Gasteiger partial charge in [0.15, 0.2) is 6.61 Å². The molecule has 0 aliphatic carbocycles. The molecule has 0 radical (unpaired) electrons. The first-order valence-electron chi connectivity index (χ1n) is 8.29. The highest BCUT2D eigenvalue weighted by atomic mass is 16.7. The molecule has 27 heavy (non-hydrogen) atoms. The highest BCUT2D eigenvalue weighted by molar-refractivity contribution is 5.93. The van der Waals surface area contributed by atoms with E-state index in [4.69, 9.17) is 14.3 Å². The van der Waals surface area contributed by atoms with Crippen LogP contribution in [-0.2, 0) is 19.2 Å². The number of nitrogens with one attached hydrogen (secondary N) is 1. The van der Waals surface area contributed by atoms with Gasteiger partial charge < -0.3 is 19.6 Å². The Morgan fingerprint density at radius 1 is 1.04 bits per heavy atom. The summed E-state index contributed by atoms with van der Waals surface area (Å²) in [7, 11) is 1.58. The van der Waals surface area contributed by atoms with Crippen LogP contribution in [0.4, 0.5) is 5.69 Å². The zero-order valence-corrected chi connectivity index (χ0v) is 15.5. The molecular formula is C20H22N2O5. The Morgan fingerprint density at radius 2 is 1.70 bits per heavy atom. The maximum absolute atomic E-state index is 11.8. The van der Waals surface area contributed by atoms with Crippen molar-refractivity contribution < 1.29 is 23.9 Å². The van der Waals surface area contributed by atoms with E-state index >= 15 is 0 Å². The summed E-state index contributed by atoms with van der Waals surface area (Å²) in [5, 5.41) is 6.36. The standard InChI is InChI=1S/C20H22N2O5/c1-14-8-15(2)10-17(9-14)22-19(23)12-26-20(24)13-27-21-11-16-4-6-18(25-3)7-5-16/h4-11H,12-13H2,1-3H3,(H,22,23)/b21-11-. The molecule has 0 saturated carbocycles. The normalized spacial score (nSPS) is 10.5. The topological polar surface area (TPSA) is 86.2 Å². The molecule has 1 amide bonds. The fourth-order valence-electron chi connectivity index (χ4n) is 2.31. The fraction of sp³-hybridized carbons (Fsp3) is 0.250. The molecule has 0 heterocycles. The lowest BCUT2D eigenvalue weighted by atomic mass is 10.1. The molecule has 0 aliphatic rings. The second-order valence-electron chi connectivity index (χ2n) is 5.87. The lowest BCUT2D eigenvalue weighted by molar-refractivity contribution is -0.151. The van der Waals surface area contributed by atoms with Gasteiger partial charge in [-0.1, -0.05) is 11.2 Å². The molecule has 2 rings (SSSR count). The van der Waals surface area contributed by atoms with E-state index in [9.17, 15) is 9.59 Å². The Hall–Kier alpha value is -3.35. The molecule has 142 valence electrons. The zero-order chi connectivity index (χ0) is 19.6. The van der Waals surface area contributed by atoms with Crippen molar-refractivity contribution in [3.63, 3.8) is 0 Å². The lowest BCUT2D eigenvalue weighted by Crippen LogP contribution is -2.22. The number of anilines is 1. The number of hydrogen-bond donors (Lipinski definition) is 1. The van der Waals surface area contributed by atoms with Crippen LogP contribution in [0.15, 0.2) is 47.6 Å². The van der Waals surface area contributed by atoms with Gasteiger partial charge in [0.2, 0.25) is 6.61 Å². The van der Waals surface area contributed by atoms with Crippen LogP contribution in [0.3, 0.4) is 0 Å². The van der Waals surface area contributed by atoms with Crippen molar-refractivity contribution in [3.05, 3.63) is 59.2 Å².